The lowest BCUT2D eigenvalue weighted by atomic mass is 9.98. The quantitative estimate of drug-likeness (QED) is 0.344. The number of halogens is 1. The number of aromatic nitrogens is 4. The van der Waals surface area contributed by atoms with Crippen LogP contribution in [0.3, 0.4) is 0 Å². The number of ether oxygens (including phenoxy) is 1. The lowest BCUT2D eigenvalue weighted by Crippen LogP contribution is -2.00. The van der Waals surface area contributed by atoms with Crippen LogP contribution in [0.5, 0.6) is 11.8 Å². The van der Waals surface area contributed by atoms with Crippen molar-refractivity contribution in [1.82, 2.24) is 24.7 Å². The van der Waals surface area contributed by atoms with Crippen molar-refractivity contribution >= 4 is 22.8 Å². The molecule has 34 heavy (non-hydrogen) atoms. The highest BCUT2D eigenvalue weighted by Crippen LogP contribution is 2.36. The van der Waals surface area contributed by atoms with Crippen molar-refractivity contribution in [2.75, 3.05) is 5.73 Å². The Balaban J connectivity index is 1.65. The largest absolute Gasteiger partial charge is 0.421 e. The summed E-state index contributed by atoms with van der Waals surface area (Å²) in [5, 5.41) is 0. The van der Waals surface area contributed by atoms with Gasteiger partial charge in [0.1, 0.15) is 12.1 Å². The number of aryl methyl sites for hydroxylation is 1. The minimum absolute atomic E-state index is 0.0316. The molecule has 4 rings (SSSR count). The molecule has 0 saturated carbocycles. The van der Waals surface area contributed by atoms with E-state index in [1.54, 1.807) is 49.4 Å². The molecular weight excluding hydrogens is 459 g/mol. The maximum atomic E-state index is 14.9. The van der Waals surface area contributed by atoms with Gasteiger partial charge in [-0.05, 0) is 42.3 Å². The van der Waals surface area contributed by atoms with Gasteiger partial charge in [0.15, 0.2) is 11.6 Å². The Hall–Kier alpha value is -4.38. The summed E-state index contributed by atoms with van der Waals surface area (Å²) in [5.41, 5.74) is 9.77. The predicted octanol–water partition coefficient (Wildman–Crippen LogP) is 3.51. The van der Waals surface area contributed by atoms with Gasteiger partial charge < -0.3 is 10.5 Å². The Labute approximate surface area is 196 Å². The number of hydrogen-bond donors (Lipinski definition) is 3. The van der Waals surface area contributed by atoms with Crippen molar-refractivity contribution in [1.29, 1.82) is 0 Å². The van der Waals surface area contributed by atoms with Gasteiger partial charge in [0, 0.05) is 23.7 Å². The number of nitrogens with two attached hydrogens (primary N) is 1. The van der Waals surface area contributed by atoms with Gasteiger partial charge in [-0.15, -0.1) is 0 Å². The summed E-state index contributed by atoms with van der Waals surface area (Å²) >= 11 is 0. The molecule has 0 aliphatic heterocycles. The smallest absolute Gasteiger partial charge is 0.322 e. The van der Waals surface area contributed by atoms with Gasteiger partial charge in [-0.2, -0.15) is 0 Å². The normalized spacial score (nSPS) is 11.1. The topological polar surface area (TPSA) is 133 Å². The first-order chi connectivity index (χ1) is 16.4. The number of nitrogens with zero attached hydrogens (tertiary/aromatic N) is 4. The maximum absolute atomic E-state index is 14.9. The summed E-state index contributed by atoms with van der Waals surface area (Å²) in [6.07, 6.45) is 5.79. The van der Waals surface area contributed by atoms with Crippen molar-refractivity contribution in [2.24, 2.45) is 0 Å². The van der Waals surface area contributed by atoms with Crippen LogP contribution in [0.1, 0.15) is 11.3 Å². The summed E-state index contributed by atoms with van der Waals surface area (Å²) in [6, 6.07) is 13.3. The molecule has 4 aromatic rings. The molecule has 0 fully saturated rings. The molecule has 172 valence electrons. The van der Waals surface area contributed by atoms with Gasteiger partial charge in [-0.3, -0.25) is 4.72 Å². The van der Waals surface area contributed by atoms with Gasteiger partial charge in [0.25, 0.3) is 0 Å². The number of nitrogen functional groups attached to an aromatic ring is 1. The summed E-state index contributed by atoms with van der Waals surface area (Å²) in [6.45, 7) is 1.78. The summed E-state index contributed by atoms with van der Waals surface area (Å²) in [7, 11) is -2.71. The lowest BCUT2D eigenvalue weighted by Gasteiger charge is -2.13. The number of thiol groups is 1. The zero-order chi connectivity index (χ0) is 24.1. The van der Waals surface area contributed by atoms with E-state index in [4.69, 9.17) is 10.5 Å². The summed E-state index contributed by atoms with van der Waals surface area (Å²) in [5.74, 6) is -0.468. The monoisotopic (exact) mass is 478 g/mol. The van der Waals surface area contributed by atoms with Crippen LogP contribution in [-0.2, 0) is 10.9 Å². The van der Waals surface area contributed by atoms with E-state index in [2.05, 4.69) is 24.7 Å². The second-order valence-electron chi connectivity index (χ2n) is 7.05. The molecule has 3 N–H and O–H groups in total. The zero-order valence-corrected chi connectivity index (χ0v) is 18.7. The van der Waals surface area contributed by atoms with Gasteiger partial charge in [-0.25, -0.2) is 32.7 Å². The first kappa shape index (κ1) is 22.8. The lowest BCUT2D eigenvalue weighted by molar-refractivity contribution is 0.410. The van der Waals surface area contributed by atoms with Crippen molar-refractivity contribution < 1.29 is 17.5 Å². The number of nitrogens with one attached hydrogen (secondary N) is 1. The molecule has 0 spiro atoms. The zero-order valence-electron chi connectivity index (χ0n) is 17.8. The third-order valence-electron chi connectivity index (χ3n) is 4.71. The third-order valence-corrected chi connectivity index (χ3v) is 5.07. The van der Waals surface area contributed by atoms with Gasteiger partial charge in [0.2, 0.25) is 10.9 Å². The van der Waals surface area contributed by atoms with Crippen molar-refractivity contribution in [3.8, 4) is 34.1 Å². The number of hydrogen-bond acceptors (Lipinski definition) is 8. The number of rotatable bonds is 7. The molecule has 0 bridgehead atoms. The molecule has 0 saturated heterocycles. The van der Waals surface area contributed by atoms with Crippen LogP contribution in [0, 0.1) is 12.7 Å². The van der Waals surface area contributed by atoms with Crippen LogP contribution in [0.25, 0.3) is 28.5 Å². The summed E-state index contributed by atoms with van der Waals surface area (Å²) < 4.78 is 43.7. The van der Waals surface area contributed by atoms with E-state index < -0.39 is 16.7 Å². The third kappa shape index (κ3) is 5.33. The first-order valence-corrected chi connectivity index (χ1v) is 11.1. The molecule has 11 heteroatoms. The molecule has 0 atom stereocenters. The van der Waals surface area contributed by atoms with Crippen LogP contribution in [0.2, 0.25) is 0 Å². The van der Waals surface area contributed by atoms with Crippen LogP contribution in [0.15, 0.2) is 67.3 Å². The minimum atomic E-state index is -2.71. The van der Waals surface area contributed by atoms with Gasteiger partial charge in [-0.1, -0.05) is 30.3 Å². The highest BCUT2D eigenvalue weighted by atomic mass is 32.2. The highest BCUT2D eigenvalue weighted by Gasteiger charge is 2.16. The Bertz CT molecular complexity index is 1430. The molecule has 2 aromatic heterocycles. The van der Waals surface area contributed by atoms with Crippen molar-refractivity contribution in [3.05, 3.63) is 84.3 Å². The van der Waals surface area contributed by atoms with E-state index in [0.717, 1.165) is 11.1 Å². The van der Waals surface area contributed by atoms with Crippen LogP contribution < -0.4 is 15.2 Å². The number of anilines is 1. The van der Waals surface area contributed by atoms with E-state index in [1.807, 2.05) is 0 Å². The molecule has 0 aliphatic carbocycles. The maximum Gasteiger partial charge on any atom is 0.322 e. The average molecular weight is 479 g/mol. The molecular formula is C23H19FN6O3S. The Morgan fingerprint density at radius 3 is 2.50 bits per heavy atom. The van der Waals surface area contributed by atoms with Crippen LogP contribution in [0.4, 0.5) is 10.2 Å². The molecule has 0 radical (unpaired) electrons. The Morgan fingerprint density at radius 2 is 1.79 bits per heavy atom. The SMILES string of the molecule is Cc1ccnc(Oc2ccc(-c3c(N)ncnc3-c3ccc(C=CN[SH](=O)=O)cc3)cc2F)n1. The van der Waals surface area contributed by atoms with Crippen molar-refractivity contribution in [2.45, 2.75) is 6.92 Å². The highest BCUT2D eigenvalue weighted by molar-refractivity contribution is 7.70. The van der Waals surface area contributed by atoms with E-state index in [0.29, 0.717) is 22.5 Å². The fourth-order valence-corrected chi connectivity index (χ4v) is 3.36. The molecule has 2 heterocycles. The minimum Gasteiger partial charge on any atom is -0.421 e. The second kappa shape index (κ2) is 10.0. The molecule has 0 unspecified atom stereocenters. The first-order valence-electron chi connectivity index (χ1n) is 9.96. The fourth-order valence-electron chi connectivity index (χ4n) is 3.16. The molecule has 2 aromatic carbocycles. The van der Waals surface area contributed by atoms with E-state index in [9.17, 15) is 12.8 Å². The summed E-state index contributed by atoms with van der Waals surface area (Å²) in [4.78, 5) is 16.5. The van der Waals surface area contributed by atoms with Crippen molar-refractivity contribution in [3.63, 3.8) is 0 Å². The standard InChI is InChI=1S/C23H19FN6O3S/c1-14-8-10-26-23(30-14)33-19-7-6-17(12-18(19)24)20-21(27-13-28-22(20)25)16-4-2-15(3-5-16)9-11-29-34(31)32/h2-13,34H,1H3,(H2,25,27,28)(H,29,31,32). The van der Waals surface area contributed by atoms with Gasteiger partial charge >= 0.3 is 6.01 Å². The molecule has 0 aliphatic rings. The Kier molecular flexibility index (Phi) is 6.74. The van der Waals surface area contributed by atoms with Crippen LogP contribution >= 0.6 is 0 Å². The molecule has 9 nitrogen and oxygen atoms in total. The Morgan fingerprint density at radius 1 is 1.03 bits per heavy atom. The van der Waals surface area contributed by atoms with Gasteiger partial charge in [0.05, 0.1) is 11.3 Å². The van der Waals surface area contributed by atoms with E-state index in [1.165, 1.54) is 30.9 Å². The van der Waals surface area contributed by atoms with Crippen LogP contribution in [-0.4, -0.2) is 28.4 Å². The molecule has 0 amide bonds. The van der Waals surface area contributed by atoms with E-state index in [-0.39, 0.29) is 17.6 Å². The average Bonchev–Trinajstić information content (AvgIpc) is 2.81. The number of benzene rings is 2. The predicted molar refractivity (Wildman–Crippen MR) is 127 cm³/mol. The second-order valence-corrected chi connectivity index (χ2v) is 7.82. The van der Waals surface area contributed by atoms with E-state index >= 15 is 0 Å². The fraction of sp³-hybridized carbons (Fsp3) is 0.0435.